The lowest BCUT2D eigenvalue weighted by Gasteiger charge is -2.14. The second-order valence-electron chi connectivity index (χ2n) is 7.39. The van der Waals surface area contributed by atoms with Gasteiger partial charge in [-0.25, -0.2) is 13.2 Å². The fourth-order valence-corrected chi connectivity index (χ4v) is 4.26. The van der Waals surface area contributed by atoms with Crippen molar-refractivity contribution in [2.75, 3.05) is 13.4 Å². The van der Waals surface area contributed by atoms with Gasteiger partial charge in [-0.2, -0.15) is 0 Å². The maximum Gasteiger partial charge on any atom is 0.340 e. The van der Waals surface area contributed by atoms with Crippen LogP contribution in [0.4, 0.5) is 0 Å². The second-order valence-corrected chi connectivity index (χ2v) is 9.40. The Labute approximate surface area is 186 Å². The Balaban J connectivity index is 1.79. The summed E-state index contributed by atoms with van der Waals surface area (Å²) in [6, 6.07) is 19.3. The number of sulfone groups is 1. The highest BCUT2D eigenvalue weighted by Crippen LogP contribution is 2.35. The van der Waals surface area contributed by atoms with Crippen LogP contribution in [0.2, 0.25) is 0 Å². The van der Waals surface area contributed by atoms with Crippen LogP contribution in [0.25, 0.3) is 22.0 Å². The number of methoxy groups -OCH3 is 1. The van der Waals surface area contributed by atoms with Gasteiger partial charge >= 0.3 is 5.97 Å². The molecular formula is C25H21NO5S. The van der Waals surface area contributed by atoms with Crippen molar-refractivity contribution in [2.24, 2.45) is 0 Å². The van der Waals surface area contributed by atoms with E-state index in [1.807, 2.05) is 31.2 Å². The van der Waals surface area contributed by atoms with Crippen LogP contribution >= 0.6 is 0 Å². The third-order valence-corrected chi connectivity index (χ3v) is 6.19. The zero-order valence-electron chi connectivity index (χ0n) is 17.8. The molecule has 3 aromatic carbocycles. The van der Waals surface area contributed by atoms with E-state index in [1.165, 1.54) is 19.2 Å². The van der Waals surface area contributed by atoms with Gasteiger partial charge in [0.05, 0.1) is 23.1 Å². The van der Waals surface area contributed by atoms with Crippen LogP contribution in [0.5, 0.6) is 11.5 Å². The summed E-state index contributed by atoms with van der Waals surface area (Å²) in [6.07, 6.45) is 2.89. The van der Waals surface area contributed by atoms with Gasteiger partial charge < -0.3 is 9.47 Å². The van der Waals surface area contributed by atoms with E-state index in [0.29, 0.717) is 22.6 Å². The number of hydrogen-bond acceptors (Lipinski definition) is 6. The zero-order chi connectivity index (χ0) is 22.9. The molecule has 4 rings (SSSR count). The first kappa shape index (κ1) is 21.5. The number of nitrogens with zero attached hydrogens (tertiary/aromatic N) is 1. The zero-order valence-corrected chi connectivity index (χ0v) is 18.6. The average molecular weight is 448 g/mol. The Bertz CT molecular complexity index is 1440. The summed E-state index contributed by atoms with van der Waals surface area (Å²) in [4.78, 5) is 16.9. The van der Waals surface area contributed by atoms with Gasteiger partial charge in [-0.3, -0.25) is 4.98 Å². The van der Waals surface area contributed by atoms with Crippen molar-refractivity contribution >= 4 is 26.7 Å². The first-order valence-electron chi connectivity index (χ1n) is 9.83. The number of aromatic nitrogens is 1. The van der Waals surface area contributed by atoms with Gasteiger partial charge in [0, 0.05) is 17.8 Å². The van der Waals surface area contributed by atoms with Crippen molar-refractivity contribution in [3.8, 4) is 22.6 Å². The molecule has 6 nitrogen and oxygen atoms in total. The minimum atomic E-state index is -3.34. The van der Waals surface area contributed by atoms with Crippen molar-refractivity contribution in [2.45, 2.75) is 11.8 Å². The lowest BCUT2D eigenvalue weighted by molar-refractivity contribution is 0.0602. The number of fused-ring (bicyclic) bond motifs is 1. The molecule has 32 heavy (non-hydrogen) atoms. The number of benzene rings is 3. The highest BCUT2D eigenvalue weighted by molar-refractivity contribution is 7.90. The van der Waals surface area contributed by atoms with Crippen molar-refractivity contribution in [1.82, 2.24) is 4.98 Å². The first-order chi connectivity index (χ1) is 15.3. The standard InChI is InChI=1S/C25H21NO5S/c1-16-15-26-24-21(11-6-12-22(24)25(27)30-2)23(16)17-7-4-8-18(13-17)31-19-9-5-10-20(14-19)32(3,28)29/h4-15H,1-3H3. The first-order valence-corrected chi connectivity index (χ1v) is 11.7. The van der Waals surface area contributed by atoms with E-state index in [-0.39, 0.29) is 4.90 Å². The molecule has 0 amide bonds. The van der Waals surface area contributed by atoms with Crippen molar-refractivity contribution in [3.63, 3.8) is 0 Å². The van der Waals surface area contributed by atoms with E-state index >= 15 is 0 Å². The number of aryl methyl sites for hydroxylation is 1. The molecule has 0 N–H and O–H groups in total. The summed E-state index contributed by atoms with van der Waals surface area (Å²) in [7, 11) is -1.99. The van der Waals surface area contributed by atoms with E-state index < -0.39 is 15.8 Å². The summed E-state index contributed by atoms with van der Waals surface area (Å²) in [5.74, 6) is 0.539. The fraction of sp³-hybridized carbons (Fsp3) is 0.120. The molecule has 0 aliphatic heterocycles. The molecule has 0 aliphatic rings. The predicted octanol–water partition coefficient (Wildman–Crippen LogP) is 5.19. The smallest absolute Gasteiger partial charge is 0.340 e. The van der Waals surface area contributed by atoms with Gasteiger partial charge in [0.25, 0.3) is 0 Å². The normalized spacial score (nSPS) is 11.3. The second kappa shape index (κ2) is 8.43. The number of carbonyl (C=O) groups is 1. The quantitative estimate of drug-likeness (QED) is 0.392. The molecule has 0 bridgehead atoms. The minimum Gasteiger partial charge on any atom is -0.465 e. The lowest BCUT2D eigenvalue weighted by Crippen LogP contribution is -2.03. The molecule has 0 aliphatic carbocycles. The van der Waals surface area contributed by atoms with Crippen LogP contribution in [0.1, 0.15) is 15.9 Å². The molecule has 7 heteroatoms. The molecule has 162 valence electrons. The van der Waals surface area contributed by atoms with Gasteiger partial charge in [0.2, 0.25) is 0 Å². The number of hydrogen-bond donors (Lipinski definition) is 0. The van der Waals surface area contributed by atoms with E-state index in [0.717, 1.165) is 28.3 Å². The van der Waals surface area contributed by atoms with Crippen LogP contribution < -0.4 is 4.74 Å². The van der Waals surface area contributed by atoms with Crippen LogP contribution in [0.15, 0.2) is 77.8 Å². The van der Waals surface area contributed by atoms with Crippen molar-refractivity contribution in [1.29, 1.82) is 0 Å². The predicted molar refractivity (Wildman–Crippen MR) is 123 cm³/mol. The molecule has 0 radical (unpaired) electrons. The number of ether oxygens (including phenoxy) is 2. The Morgan fingerprint density at radius 3 is 2.34 bits per heavy atom. The summed E-state index contributed by atoms with van der Waals surface area (Å²) in [5, 5.41) is 0.823. The Hall–Kier alpha value is -3.71. The fourth-order valence-electron chi connectivity index (χ4n) is 3.60. The third kappa shape index (κ3) is 4.20. The van der Waals surface area contributed by atoms with Crippen molar-refractivity contribution < 1.29 is 22.7 Å². The van der Waals surface area contributed by atoms with Crippen LogP contribution in [-0.4, -0.2) is 32.7 Å². The number of para-hydroxylation sites is 1. The Kier molecular flexibility index (Phi) is 5.67. The Morgan fingerprint density at radius 1 is 0.938 bits per heavy atom. The van der Waals surface area contributed by atoms with E-state index in [2.05, 4.69) is 4.98 Å². The monoisotopic (exact) mass is 447 g/mol. The summed E-state index contributed by atoms with van der Waals surface area (Å²) >= 11 is 0. The van der Waals surface area contributed by atoms with Crippen LogP contribution in [-0.2, 0) is 14.6 Å². The molecule has 0 saturated carbocycles. The molecule has 0 saturated heterocycles. The number of carbonyl (C=O) groups excluding carboxylic acids is 1. The largest absolute Gasteiger partial charge is 0.465 e. The molecule has 0 unspecified atom stereocenters. The third-order valence-electron chi connectivity index (χ3n) is 5.08. The number of esters is 1. The SMILES string of the molecule is COC(=O)c1cccc2c(-c3cccc(Oc4cccc(S(C)(=O)=O)c4)c3)c(C)cnc12. The minimum absolute atomic E-state index is 0.192. The lowest BCUT2D eigenvalue weighted by atomic mass is 9.95. The molecule has 1 aromatic heterocycles. The number of rotatable bonds is 5. The van der Waals surface area contributed by atoms with Gasteiger partial charge in [-0.05, 0) is 60.0 Å². The molecule has 1 heterocycles. The van der Waals surface area contributed by atoms with E-state index in [4.69, 9.17) is 9.47 Å². The Morgan fingerprint density at radius 2 is 1.62 bits per heavy atom. The van der Waals surface area contributed by atoms with E-state index in [1.54, 1.807) is 36.5 Å². The molecular weight excluding hydrogens is 426 g/mol. The summed E-state index contributed by atoms with van der Waals surface area (Å²) in [5.41, 5.74) is 3.71. The molecule has 0 fully saturated rings. The van der Waals surface area contributed by atoms with Crippen molar-refractivity contribution in [3.05, 3.63) is 84.1 Å². The summed E-state index contributed by atoms with van der Waals surface area (Å²) < 4.78 is 34.5. The van der Waals surface area contributed by atoms with Crippen LogP contribution in [0.3, 0.4) is 0 Å². The van der Waals surface area contributed by atoms with Gasteiger partial charge in [0.15, 0.2) is 9.84 Å². The maximum atomic E-state index is 12.2. The molecule has 0 spiro atoms. The van der Waals surface area contributed by atoms with Gasteiger partial charge in [-0.1, -0.05) is 30.3 Å². The molecule has 4 aromatic rings. The molecule has 0 atom stereocenters. The highest BCUT2D eigenvalue weighted by atomic mass is 32.2. The van der Waals surface area contributed by atoms with Crippen LogP contribution in [0, 0.1) is 6.92 Å². The topological polar surface area (TPSA) is 82.6 Å². The average Bonchev–Trinajstić information content (AvgIpc) is 2.77. The number of pyridine rings is 1. The summed E-state index contributed by atoms with van der Waals surface area (Å²) in [6.45, 7) is 1.95. The van der Waals surface area contributed by atoms with Gasteiger partial charge in [0.1, 0.15) is 11.5 Å². The highest BCUT2D eigenvalue weighted by Gasteiger charge is 2.16. The van der Waals surface area contributed by atoms with E-state index in [9.17, 15) is 13.2 Å². The van der Waals surface area contributed by atoms with Gasteiger partial charge in [-0.15, -0.1) is 0 Å². The maximum absolute atomic E-state index is 12.2.